The van der Waals surface area contributed by atoms with Crippen LogP contribution in [0.5, 0.6) is 0 Å². The van der Waals surface area contributed by atoms with Gasteiger partial charge in [0, 0.05) is 25.4 Å². The van der Waals surface area contributed by atoms with Crippen molar-refractivity contribution in [2.24, 2.45) is 5.84 Å². The Hall–Kier alpha value is -1.41. The van der Waals surface area contributed by atoms with Gasteiger partial charge in [-0.25, -0.2) is 24.2 Å². The lowest BCUT2D eigenvalue weighted by Crippen LogP contribution is -2.27. The number of nitrogens with two attached hydrogens (primary N) is 1. The second kappa shape index (κ2) is 5.28. The van der Waals surface area contributed by atoms with Gasteiger partial charge < -0.3 is 10.3 Å². The number of nitrogen functional groups attached to an aromatic ring is 1. The first-order valence-electron chi connectivity index (χ1n) is 5.02. The van der Waals surface area contributed by atoms with E-state index in [1.165, 1.54) is 12.6 Å². The summed E-state index contributed by atoms with van der Waals surface area (Å²) in [5, 5.41) is 0. The molecule has 1 aromatic rings. The van der Waals surface area contributed by atoms with Gasteiger partial charge in [0.2, 0.25) is 0 Å². The predicted octanol–water partition coefficient (Wildman–Crippen LogP) is -0.449. The molecule has 1 rings (SSSR count). The van der Waals surface area contributed by atoms with Crippen molar-refractivity contribution in [2.45, 2.75) is 6.92 Å². The molecular weight excluding hydrogens is 242 g/mol. The van der Waals surface area contributed by atoms with Crippen LogP contribution in [0.1, 0.15) is 5.56 Å². The molecule has 0 unspecified atom stereocenters. The van der Waals surface area contributed by atoms with Crippen molar-refractivity contribution < 1.29 is 8.42 Å². The van der Waals surface area contributed by atoms with Crippen molar-refractivity contribution in [2.75, 3.05) is 35.9 Å². The highest BCUT2D eigenvalue weighted by Crippen LogP contribution is 2.19. The molecule has 0 saturated heterocycles. The monoisotopic (exact) mass is 259 g/mol. The number of nitrogens with zero attached hydrogens (tertiary/aromatic N) is 3. The van der Waals surface area contributed by atoms with Crippen LogP contribution in [0, 0.1) is 6.92 Å². The van der Waals surface area contributed by atoms with Crippen LogP contribution in [0.3, 0.4) is 0 Å². The molecule has 0 aliphatic heterocycles. The number of aromatic nitrogens is 2. The number of anilines is 2. The van der Waals surface area contributed by atoms with Gasteiger partial charge in [0.25, 0.3) is 0 Å². The number of nitrogens with one attached hydrogen (secondary N) is 1. The van der Waals surface area contributed by atoms with Crippen molar-refractivity contribution in [3.63, 3.8) is 0 Å². The Bertz CT molecular complexity index is 488. The van der Waals surface area contributed by atoms with E-state index in [0.29, 0.717) is 18.2 Å². The van der Waals surface area contributed by atoms with Gasteiger partial charge in [0.1, 0.15) is 27.8 Å². The van der Waals surface area contributed by atoms with E-state index >= 15 is 0 Å². The Morgan fingerprint density at radius 3 is 2.65 bits per heavy atom. The summed E-state index contributed by atoms with van der Waals surface area (Å²) < 4.78 is 22.2. The molecule has 7 nitrogen and oxygen atoms in total. The van der Waals surface area contributed by atoms with Crippen molar-refractivity contribution in [3.05, 3.63) is 11.9 Å². The van der Waals surface area contributed by atoms with Gasteiger partial charge in [-0.3, -0.25) is 0 Å². The molecule has 17 heavy (non-hydrogen) atoms. The summed E-state index contributed by atoms with van der Waals surface area (Å²) in [6.07, 6.45) is 2.59. The molecule has 1 aromatic heterocycles. The first-order chi connectivity index (χ1) is 7.85. The van der Waals surface area contributed by atoms with E-state index in [0.717, 1.165) is 5.56 Å². The van der Waals surface area contributed by atoms with Crippen LogP contribution in [0.2, 0.25) is 0 Å². The minimum Gasteiger partial charge on any atom is -0.358 e. The number of hydrogen-bond acceptors (Lipinski definition) is 7. The summed E-state index contributed by atoms with van der Waals surface area (Å²) in [5.41, 5.74) is 3.25. The summed E-state index contributed by atoms with van der Waals surface area (Å²) in [6, 6.07) is 0. The fraction of sp³-hybridized carbons (Fsp3) is 0.556. The molecule has 0 radical (unpaired) electrons. The zero-order chi connectivity index (χ0) is 13.1. The second-order valence-electron chi connectivity index (χ2n) is 3.87. The van der Waals surface area contributed by atoms with Crippen LogP contribution in [0.25, 0.3) is 0 Å². The van der Waals surface area contributed by atoms with E-state index in [4.69, 9.17) is 5.84 Å². The third-order valence-corrected chi connectivity index (χ3v) is 3.28. The molecule has 0 saturated carbocycles. The number of hydrogen-bond donors (Lipinski definition) is 2. The maximum Gasteiger partial charge on any atom is 0.149 e. The minimum atomic E-state index is -2.98. The molecule has 0 fully saturated rings. The molecule has 0 aromatic carbocycles. The van der Waals surface area contributed by atoms with Crippen LogP contribution in [0.4, 0.5) is 11.6 Å². The molecular formula is C9H17N5O2S. The molecule has 0 aliphatic carbocycles. The summed E-state index contributed by atoms with van der Waals surface area (Å²) in [4.78, 5) is 9.83. The highest BCUT2D eigenvalue weighted by atomic mass is 32.2. The van der Waals surface area contributed by atoms with Crippen LogP contribution in [-0.2, 0) is 9.84 Å². The van der Waals surface area contributed by atoms with E-state index in [9.17, 15) is 8.42 Å². The highest BCUT2D eigenvalue weighted by molar-refractivity contribution is 7.90. The van der Waals surface area contributed by atoms with Gasteiger partial charge in [-0.2, -0.15) is 0 Å². The Morgan fingerprint density at radius 2 is 2.12 bits per heavy atom. The van der Waals surface area contributed by atoms with Crippen molar-refractivity contribution in [3.8, 4) is 0 Å². The average molecular weight is 259 g/mol. The lowest BCUT2D eigenvalue weighted by atomic mass is 10.3. The van der Waals surface area contributed by atoms with Crippen molar-refractivity contribution >= 4 is 21.5 Å². The molecule has 0 amide bonds. The van der Waals surface area contributed by atoms with E-state index in [2.05, 4.69) is 15.4 Å². The van der Waals surface area contributed by atoms with Gasteiger partial charge in [-0.15, -0.1) is 0 Å². The fourth-order valence-electron chi connectivity index (χ4n) is 1.38. The Morgan fingerprint density at radius 1 is 1.47 bits per heavy atom. The molecule has 8 heteroatoms. The van der Waals surface area contributed by atoms with Gasteiger partial charge in [0.15, 0.2) is 0 Å². The minimum absolute atomic E-state index is 0.0817. The average Bonchev–Trinajstić information content (AvgIpc) is 2.25. The molecule has 0 aliphatic rings. The maximum absolute atomic E-state index is 11.1. The zero-order valence-corrected chi connectivity index (χ0v) is 11.0. The van der Waals surface area contributed by atoms with E-state index in [1.54, 1.807) is 11.9 Å². The molecule has 3 N–H and O–H groups in total. The molecule has 0 bridgehead atoms. The first kappa shape index (κ1) is 13.7. The zero-order valence-electron chi connectivity index (χ0n) is 10.1. The van der Waals surface area contributed by atoms with E-state index in [-0.39, 0.29) is 5.75 Å². The third kappa shape index (κ3) is 3.82. The Labute approximate surface area is 101 Å². The van der Waals surface area contributed by atoms with Crippen LogP contribution >= 0.6 is 0 Å². The maximum atomic E-state index is 11.1. The standard InChI is InChI=1S/C9H17N5O2S/c1-7-8(13-10)11-6-12-9(7)14(2)4-5-17(3,15)16/h6H,4-5,10H2,1-3H3,(H,11,12,13). The first-order valence-corrected chi connectivity index (χ1v) is 7.08. The largest absolute Gasteiger partial charge is 0.358 e. The molecule has 0 spiro atoms. The van der Waals surface area contributed by atoms with Gasteiger partial charge in [-0.05, 0) is 6.92 Å². The van der Waals surface area contributed by atoms with Crippen molar-refractivity contribution in [1.82, 2.24) is 9.97 Å². The van der Waals surface area contributed by atoms with Gasteiger partial charge >= 0.3 is 0 Å². The van der Waals surface area contributed by atoms with E-state index < -0.39 is 9.84 Å². The fourth-order valence-corrected chi connectivity index (χ4v) is 1.99. The lowest BCUT2D eigenvalue weighted by Gasteiger charge is -2.20. The van der Waals surface area contributed by atoms with Gasteiger partial charge in [0.05, 0.1) is 5.75 Å². The summed E-state index contributed by atoms with van der Waals surface area (Å²) >= 11 is 0. The molecule has 1 heterocycles. The quantitative estimate of drug-likeness (QED) is 0.545. The predicted molar refractivity (Wildman–Crippen MR) is 67.6 cm³/mol. The number of sulfone groups is 1. The third-order valence-electron chi connectivity index (χ3n) is 2.35. The Balaban J connectivity index is 2.86. The van der Waals surface area contributed by atoms with E-state index in [1.807, 2.05) is 6.92 Å². The molecule has 96 valence electrons. The topological polar surface area (TPSA) is 101 Å². The smallest absolute Gasteiger partial charge is 0.149 e. The van der Waals surface area contributed by atoms with Crippen LogP contribution in [-0.4, -0.2) is 44.0 Å². The SMILES string of the molecule is Cc1c(NN)ncnc1N(C)CCS(C)(=O)=O. The second-order valence-corrected chi connectivity index (χ2v) is 6.13. The summed E-state index contributed by atoms with van der Waals surface area (Å²) in [6.45, 7) is 2.20. The summed E-state index contributed by atoms with van der Waals surface area (Å²) in [5.74, 6) is 6.58. The number of hydrazine groups is 1. The number of rotatable bonds is 5. The van der Waals surface area contributed by atoms with Gasteiger partial charge in [-0.1, -0.05) is 0 Å². The van der Waals surface area contributed by atoms with Crippen LogP contribution < -0.4 is 16.2 Å². The normalized spacial score (nSPS) is 11.3. The summed E-state index contributed by atoms with van der Waals surface area (Å²) in [7, 11) is -1.20. The molecule has 0 atom stereocenters. The Kier molecular flexibility index (Phi) is 4.24. The lowest BCUT2D eigenvalue weighted by molar-refractivity contribution is 0.601. The van der Waals surface area contributed by atoms with Crippen molar-refractivity contribution in [1.29, 1.82) is 0 Å². The highest BCUT2D eigenvalue weighted by Gasteiger charge is 2.12. The van der Waals surface area contributed by atoms with Crippen LogP contribution in [0.15, 0.2) is 6.33 Å².